The Morgan fingerprint density at radius 2 is 1.96 bits per heavy atom. The largest absolute Gasteiger partial charge is 0.346 e. The maximum Gasteiger partial charge on any atom is 0.274 e. The minimum Gasteiger partial charge on any atom is -0.346 e. The SMILES string of the molecule is Cc1nn(-c2ccccc2)nc1C(=O)N[C@H]1CCc2nnc(C)n2C1. The number of benzene rings is 1. The van der Waals surface area contributed by atoms with E-state index in [4.69, 9.17) is 0 Å². The van der Waals surface area contributed by atoms with Crippen molar-refractivity contribution in [3.8, 4) is 5.69 Å². The molecule has 2 aromatic heterocycles. The summed E-state index contributed by atoms with van der Waals surface area (Å²) in [5, 5.41) is 20.0. The molecule has 3 heterocycles. The van der Waals surface area contributed by atoms with E-state index in [1.807, 2.05) is 37.3 Å². The zero-order chi connectivity index (χ0) is 17.4. The van der Waals surface area contributed by atoms with Gasteiger partial charge in [0.2, 0.25) is 0 Å². The van der Waals surface area contributed by atoms with Crippen LogP contribution in [0.15, 0.2) is 30.3 Å². The van der Waals surface area contributed by atoms with Crippen LogP contribution in [-0.4, -0.2) is 41.7 Å². The Bertz CT molecular complexity index is 912. The van der Waals surface area contributed by atoms with Gasteiger partial charge in [0, 0.05) is 19.0 Å². The number of aryl methyl sites for hydroxylation is 3. The Labute approximate surface area is 144 Å². The number of para-hydroxylation sites is 1. The highest BCUT2D eigenvalue weighted by atomic mass is 16.2. The third-order valence-electron chi connectivity index (χ3n) is 4.45. The molecule has 0 saturated carbocycles. The van der Waals surface area contributed by atoms with E-state index in [1.54, 1.807) is 6.92 Å². The van der Waals surface area contributed by atoms with Crippen LogP contribution in [0.25, 0.3) is 5.69 Å². The molecule has 1 aliphatic rings. The predicted octanol–water partition coefficient (Wildman–Crippen LogP) is 1.22. The van der Waals surface area contributed by atoms with Gasteiger partial charge in [-0.05, 0) is 32.4 Å². The lowest BCUT2D eigenvalue weighted by Crippen LogP contribution is -2.41. The Morgan fingerprint density at radius 1 is 1.16 bits per heavy atom. The third-order valence-corrected chi connectivity index (χ3v) is 4.45. The second-order valence-corrected chi connectivity index (χ2v) is 6.24. The number of carbonyl (C=O) groups is 1. The fourth-order valence-electron chi connectivity index (χ4n) is 3.10. The monoisotopic (exact) mass is 337 g/mol. The fraction of sp³-hybridized carbons (Fsp3) is 0.353. The van der Waals surface area contributed by atoms with E-state index in [1.165, 1.54) is 4.80 Å². The second-order valence-electron chi connectivity index (χ2n) is 6.24. The summed E-state index contributed by atoms with van der Waals surface area (Å²) < 4.78 is 2.06. The van der Waals surface area contributed by atoms with Crippen LogP contribution in [0.5, 0.6) is 0 Å². The zero-order valence-electron chi connectivity index (χ0n) is 14.2. The van der Waals surface area contributed by atoms with E-state index < -0.39 is 0 Å². The Balaban J connectivity index is 1.51. The molecule has 128 valence electrons. The van der Waals surface area contributed by atoms with Crippen molar-refractivity contribution in [2.75, 3.05) is 0 Å². The molecule has 3 aromatic rings. The molecule has 1 amide bonds. The van der Waals surface area contributed by atoms with Crippen molar-refractivity contribution in [3.05, 3.63) is 53.4 Å². The second kappa shape index (κ2) is 6.12. The summed E-state index contributed by atoms with van der Waals surface area (Å²) in [5.41, 5.74) is 1.79. The first-order valence-corrected chi connectivity index (χ1v) is 8.31. The molecule has 0 saturated heterocycles. The van der Waals surface area contributed by atoms with E-state index in [0.29, 0.717) is 17.9 Å². The maximum absolute atomic E-state index is 12.6. The van der Waals surface area contributed by atoms with Gasteiger partial charge >= 0.3 is 0 Å². The molecule has 1 atom stereocenters. The summed E-state index contributed by atoms with van der Waals surface area (Å²) in [5.74, 6) is 1.66. The van der Waals surface area contributed by atoms with E-state index in [9.17, 15) is 4.79 Å². The highest BCUT2D eigenvalue weighted by Crippen LogP contribution is 2.15. The molecular formula is C17H19N7O. The summed E-state index contributed by atoms with van der Waals surface area (Å²) in [4.78, 5) is 14.1. The van der Waals surface area contributed by atoms with Crippen LogP contribution in [-0.2, 0) is 13.0 Å². The number of fused-ring (bicyclic) bond motifs is 1. The lowest BCUT2D eigenvalue weighted by atomic mass is 10.1. The number of amides is 1. The molecule has 4 rings (SSSR count). The summed E-state index contributed by atoms with van der Waals surface area (Å²) >= 11 is 0. The van der Waals surface area contributed by atoms with Gasteiger partial charge in [-0.15, -0.1) is 15.3 Å². The third kappa shape index (κ3) is 2.90. The van der Waals surface area contributed by atoms with Crippen molar-refractivity contribution in [2.45, 2.75) is 39.3 Å². The predicted molar refractivity (Wildman–Crippen MR) is 90.4 cm³/mol. The van der Waals surface area contributed by atoms with Crippen molar-refractivity contribution in [3.63, 3.8) is 0 Å². The van der Waals surface area contributed by atoms with E-state index >= 15 is 0 Å². The molecule has 1 N–H and O–H groups in total. The van der Waals surface area contributed by atoms with Crippen molar-refractivity contribution >= 4 is 5.91 Å². The molecule has 0 fully saturated rings. The van der Waals surface area contributed by atoms with Crippen LogP contribution in [0.3, 0.4) is 0 Å². The standard InChI is InChI=1S/C17H19N7O/c1-11-16(22-24(21-11)14-6-4-3-5-7-14)17(25)18-13-8-9-15-20-19-12(2)23(15)10-13/h3-7,13H,8-10H2,1-2H3,(H,18,25)/t13-/m0/s1. The van der Waals surface area contributed by atoms with Crippen molar-refractivity contribution in [2.24, 2.45) is 0 Å². The van der Waals surface area contributed by atoms with Crippen molar-refractivity contribution in [1.29, 1.82) is 0 Å². The van der Waals surface area contributed by atoms with Gasteiger partial charge in [-0.1, -0.05) is 18.2 Å². The molecule has 0 bridgehead atoms. The van der Waals surface area contributed by atoms with Gasteiger partial charge in [0.15, 0.2) is 5.69 Å². The first kappa shape index (κ1) is 15.5. The van der Waals surface area contributed by atoms with Gasteiger partial charge in [-0.3, -0.25) is 4.79 Å². The minimum absolute atomic E-state index is 0.0379. The fourth-order valence-corrected chi connectivity index (χ4v) is 3.10. The maximum atomic E-state index is 12.6. The first-order valence-electron chi connectivity index (χ1n) is 8.31. The van der Waals surface area contributed by atoms with Crippen LogP contribution in [0.4, 0.5) is 0 Å². The highest BCUT2D eigenvalue weighted by Gasteiger charge is 2.25. The highest BCUT2D eigenvalue weighted by molar-refractivity contribution is 5.93. The van der Waals surface area contributed by atoms with Gasteiger partial charge in [0.25, 0.3) is 5.91 Å². The van der Waals surface area contributed by atoms with Gasteiger partial charge in [0.05, 0.1) is 11.4 Å². The molecule has 8 heteroatoms. The quantitative estimate of drug-likeness (QED) is 0.776. The number of nitrogens with zero attached hydrogens (tertiary/aromatic N) is 6. The van der Waals surface area contributed by atoms with Crippen LogP contribution in [0, 0.1) is 13.8 Å². The van der Waals surface area contributed by atoms with Crippen LogP contribution in [0.2, 0.25) is 0 Å². The minimum atomic E-state index is -0.196. The number of rotatable bonds is 3. The van der Waals surface area contributed by atoms with E-state index in [0.717, 1.165) is 30.2 Å². The van der Waals surface area contributed by atoms with Gasteiger partial charge in [0.1, 0.15) is 11.6 Å². The van der Waals surface area contributed by atoms with Crippen LogP contribution < -0.4 is 5.32 Å². The van der Waals surface area contributed by atoms with Crippen LogP contribution >= 0.6 is 0 Å². The summed E-state index contributed by atoms with van der Waals surface area (Å²) in [7, 11) is 0. The Morgan fingerprint density at radius 3 is 2.76 bits per heavy atom. The topological polar surface area (TPSA) is 90.5 Å². The molecule has 25 heavy (non-hydrogen) atoms. The average Bonchev–Trinajstić information content (AvgIpc) is 3.19. The Hall–Kier alpha value is -3.03. The number of hydrogen-bond acceptors (Lipinski definition) is 5. The lowest BCUT2D eigenvalue weighted by Gasteiger charge is -2.24. The molecule has 1 aliphatic heterocycles. The van der Waals surface area contributed by atoms with Crippen LogP contribution in [0.1, 0.15) is 34.3 Å². The summed E-state index contributed by atoms with van der Waals surface area (Å²) in [6.07, 6.45) is 1.65. The summed E-state index contributed by atoms with van der Waals surface area (Å²) in [6.45, 7) is 4.41. The van der Waals surface area contributed by atoms with Crippen molar-refractivity contribution in [1.82, 2.24) is 35.1 Å². The number of carbonyl (C=O) groups excluding carboxylic acids is 1. The Kier molecular flexibility index (Phi) is 3.79. The zero-order valence-corrected chi connectivity index (χ0v) is 14.2. The molecule has 0 spiro atoms. The number of hydrogen-bond donors (Lipinski definition) is 1. The van der Waals surface area contributed by atoms with E-state index in [2.05, 4.69) is 30.3 Å². The molecule has 1 aromatic carbocycles. The van der Waals surface area contributed by atoms with Crippen molar-refractivity contribution < 1.29 is 4.79 Å². The molecular weight excluding hydrogens is 318 g/mol. The number of nitrogens with one attached hydrogen (secondary N) is 1. The van der Waals surface area contributed by atoms with Gasteiger partial charge in [-0.25, -0.2) is 0 Å². The first-order chi connectivity index (χ1) is 12.1. The van der Waals surface area contributed by atoms with Gasteiger partial charge < -0.3 is 9.88 Å². The lowest BCUT2D eigenvalue weighted by molar-refractivity contribution is 0.0921. The molecule has 0 unspecified atom stereocenters. The van der Waals surface area contributed by atoms with E-state index in [-0.39, 0.29) is 11.9 Å². The molecule has 0 aliphatic carbocycles. The smallest absolute Gasteiger partial charge is 0.274 e. The average molecular weight is 337 g/mol. The molecule has 0 radical (unpaired) electrons. The normalized spacial score (nSPS) is 16.5. The van der Waals surface area contributed by atoms with Gasteiger partial charge in [-0.2, -0.15) is 9.90 Å². The molecule has 8 nitrogen and oxygen atoms in total. The summed E-state index contributed by atoms with van der Waals surface area (Å²) in [6, 6.07) is 9.59. The number of aromatic nitrogens is 6.